The zero-order valence-corrected chi connectivity index (χ0v) is 12.7. The van der Waals surface area contributed by atoms with E-state index in [0.717, 1.165) is 6.07 Å². The zero-order chi connectivity index (χ0) is 17.2. The summed E-state index contributed by atoms with van der Waals surface area (Å²) in [6.45, 7) is 1.74. The number of amides is 2. The Hall–Kier alpha value is -2.25. The molecule has 1 aliphatic rings. The van der Waals surface area contributed by atoms with Crippen LogP contribution in [0.1, 0.15) is 18.9 Å². The van der Waals surface area contributed by atoms with Crippen molar-refractivity contribution in [2.45, 2.75) is 31.7 Å². The average molecular weight is 330 g/mol. The van der Waals surface area contributed by atoms with E-state index in [4.69, 9.17) is 4.74 Å². The largest absolute Gasteiger partial charge is 0.480 e. The highest BCUT2D eigenvalue weighted by Crippen LogP contribution is 2.36. The van der Waals surface area contributed by atoms with Gasteiger partial charge in [0.25, 0.3) is 5.91 Å². The molecule has 0 aromatic heterocycles. The van der Waals surface area contributed by atoms with Crippen molar-refractivity contribution < 1.29 is 27.5 Å². The first-order valence-electron chi connectivity index (χ1n) is 7.05. The topological polar surface area (TPSA) is 58.6 Å². The van der Waals surface area contributed by atoms with E-state index in [0.29, 0.717) is 6.54 Å². The molecule has 0 radical (unpaired) electrons. The SMILES string of the molecule is C[C@@H](Oc1ccccc1C(F)(F)F)C(=O)N[C@@H]1CC(=O)N(C)C1. The number of hydrogen-bond donors (Lipinski definition) is 1. The van der Waals surface area contributed by atoms with E-state index in [2.05, 4.69) is 5.32 Å². The lowest BCUT2D eigenvalue weighted by molar-refractivity contribution is -0.140. The highest BCUT2D eigenvalue weighted by molar-refractivity contribution is 5.84. The summed E-state index contributed by atoms with van der Waals surface area (Å²) in [5.74, 6) is -1.05. The number of rotatable bonds is 4. The Balaban J connectivity index is 2.01. The van der Waals surface area contributed by atoms with Gasteiger partial charge in [0.1, 0.15) is 5.75 Å². The minimum atomic E-state index is -4.56. The smallest absolute Gasteiger partial charge is 0.419 e. The van der Waals surface area contributed by atoms with Crippen LogP contribution >= 0.6 is 0 Å². The van der Waals surface area contributed by atoms with E-state index in [9.17, 15) is 22.8 Å². The Morgan fingerprint density at radius 1 is 1.39 bits per heavy atom. The molecular weight excluding hydrogens is 313 g/mol. The van der Waals surface area contributed by atoms with Gasteiger partial charge in [0.15, 0.2) is 6.10 Å². The Labute approximate surface area is 131 Å². The van der Waals surface area contributed by atoms with E-state index in [-0.39, 0.29) is 18.4 Å². The molecule has 0 saturated carbocycles. The van der Waals surface area contributed by atoms with Gasteiger partial charge < -0.3 is 15.0 Å². The van der Waals surface area contributed by atoms with Crippen molar-refractivity contribution in [3.8, 4) is 5.75 Å². The summed E-state index contributed by atoms with van der Waals surface area (Å²) in [5.41, 5.74) is -0.935. The van der Waals surface area contributed by atoms with Crippen LogP contribution in [-0.2, 0) is 15.8 Å². The highest BCUT2D eigenvalue weighted by Gasteiger charge is 2.35. The minimum Gasteiger partial charge on any atom is -0.480 e. The summed E-state index contributed by atoms with van der Waals surface area (Å²) in [6.07, 6.45) is -5.50. The van der Waals surface area contributed by atoms with E-state index < -0.39 is 29.5 Å². The second kappa shape index (κ2) is 6.47. The molecule has 1 aromatic carbocycles. The van der Waals surface area contributed by atoms with Gasteiger partial charge in [-0.3, -0.25) is 9.59 Å². The standard InChI is InChI=1S/C15H17F3N2O3/c1-9(14(22)19-10-7-13(21)20(2)8-10)23-12-6-4-3-5-11(12)15(16,17)18/h3-6,9-10H,7-8H2,1-2H3,(H,19,22)/t9-,10-/m1/s1. The van der Waals surface area contributed by atoms with Gasteiger partial charge in [-0.2, -0.15) is 13.2 Å². The molecule has 2 rings (SSSR count). The molecule has 8 heteroatoms. The Morgan fingerprint density at radius 2 is 2.04 bits per heavy atom. The number of hydrogen-bond acceptors (Lipinski definition) is 3. The van der Waals surface area contributed by atoms with E-state index in [1.165, 1.54) is 30.0 Å². The van der Waals surface area contributed by atoms with Crippen molar-refractivity contribution in [2.75, 3.05) is 13.6 Å². The van der Waals surface area contributed by atoms with E-state index >= 15 is 0 Å². The number of likely N-dealkylation sites (N-methyl/N-ethyl adjacent to an activating group) is 1. The predicted octanol–water partition coefficient (Wildman–Crippen LogP) is 1.82. The third-order valence-corrected chi connectivity index (χ3v) is 3.55. The number of carbonyl (C=O) groups excluding carboxylic acids is 2. The maximum atomic E-state index is 12.9. The van der Waals surface area contributed by atoms with Crippen molar-refractivity contribution in [3.63, 3.8) is 0 Å². The van der Waals surface area contributed by atoms with E-state index in [1.807, 2.05) is 0 Å². The molecular formula is C15H17F3N2O3. The van der Waals surface area contributed by atoms with Crippen LogP contribution in [0.4, 0.5) is 13.2 Å². The lowest BCUT2D eigenvalue weighted by Gasteiger charge is -2.20. The summed E-state index contributed by atoms with van der Waals surface area (Å²) in [7, 11) is 1.62. The van der Waals surface area contributed by atoms with Crippen LogP contribution in [0.25, 0.3) is 0 Å². The number of para-hydroxylation sites is 1. The van der Waals surface area contributed by atoms with Crippen molar-refractivity contribution in [2.24, 2.45) is 0 Å². The van der Waals surface area contributed by atoms with Crippen molar-refractivity contribution in [1.29, 1.82) is 0 Å². The lowest BCUT2D eigenvalue weighted by atomic mass is 10.2. The number of nitrogens with zero attached hydrogens (tertiary/aromatic N) is 1. The minimum absolute atomic E-state index is 0.0914. The lowest BCUT2D eigenvalue weighted by Crippen LogP contribution is -2.43. The van der Waals surface area contributed by atoms with Gasteiger partial charge in [0.2, 0.25) is 5.91 Å². The van der Waals surface area contributed by atoms with Gasteiger partial charge in [0, 0.05) is 20.0 Å². The van der Waals surface area contributed by atoms with Gasteiger partial charge in [-0.25, -0.2) is 0 Å². The number of ether oxygens (including phenoxy) is 1. The summed E-state index contributed by atoms with van der Waals surface area (Å²) >= 11 is 0. The van der Waals surface area contributed by atoms with Crippen molar-refractivity contribution in [3.05, 3.63) is 29.8 Å². The number of benzene rings is 1. The molecule has 1 aliphatic heterocycles. The fourth-order valence-electron chi connectivity index (χ4n) is 2.33. The van der Waals surface area contributed by atoms with Gasteiger partial charge in [-0.05, 0) is 19.1 Å². The molecule has 126 valence electrons. The summed E-state index contributed by atoms with van der Waals surface area (Å²) in [5, 5.41) is 2.61. The van der Waals surface area contributed by atoms with Crippen LogP contribution < -0.4 is 10.1 Å². The van der Waals surface area contributed by atoms with Gasteiger partial charge in [-0.15, -0.1) is 0 Å². The van der Waals surface area contributed by atoms with Crippen LogP contribution in [0, 0.1) is 0 Å². The molecule has 0 unspecified atom stereocenters. The summed E-state index contributed by atoms with van der Waals surface area (Å²) in [4.78, 5) is 24.9. The molecule has 5 nitrogen and oxygen atoms in total. The second-order valence-corrected chi connectivity index (χ2v) is 5.44. The quantitative estimate of drug-likeness (QED) is 0.916. The first-order valence-corrected chi connectivity index (χ1v) is 7.05. The third-order valence-electron chi connectivity index (χ3n) is 3.55. The normalized spacial score (nSPS) is 19.6. The van der Waals surface area contributed by atoms with Crippen LogP contribution in [0.2, 0.25) is 0 Å². The molecule has 1 heterocycles. The van der Waals surface area contributed by atoms with Crippen LogP contribution in [0.3, 0.4) is 0 Å². The second-order valence-electron chi connectivity index (χ2n) is 5.44. The number of carbonyl (C=O) groups is 2. The summed E-state index contributed by atoms with van der Waals surface area (Å²) in [6, 6.07) is 4.36. The summed E-state index contributed by atoms with van der Waals surface area (Å²) < 4.78 is 43.8. The Kier molecular flexibility index (Phi) is 4.82. The molecule has 1 fully saturated rings. The maximum Gasteiger partial charge on any atom is 0.419 e. The van der Waals surface area contributed by atoms with Gasteiger partial charge in [0.05, 0.1) is 11.6 Å². The highest BCUT2D eigenvalue weighted by atomic mass is 19.4. The van der Waals surface area contributed by atoms with Crippen LogP contribution in [0.5, 0.6) is 5.75 Å². The molecule has 0 aliphatic carbocycles. The van der Waals surface area contributed by atoms with Crippen LogP contribution in [-0.4, -0.2) is 42.5 Å². The molecule has 23 heavy (non-hydrogen) atoms. The molecule has 0 bridgehead atoms. The fraction of sp³-hybridized carbons (Fsp3) is 0.467. The molecule has 1 N–H and O–H groups in total. The van der Waals surface area contributed by atoms with Gasteiger partial charge in [-0.1, -0.05) is 12.1 Å². The molecule has 0 spiro atoms. The predicted molar refractivity (Wildman–Crippen MR) is 75.7 cm³/mol. The van der Waals surface area contributed by atoms with Crippen molar-refractivity contribution >= 4 is 11.8 Å². The molecule has 2 atom stereocenters. The monoisotopic (exact) mass is 330 g/mol. The number of halogens is 3. The third kappa shape index (κ3) is 4.14. The van der Waals surface area contributed by atoms with Crippen LogP contribution in [0.15, 0.2) is 24.3 Å². The fourth-order valence-corrected chi connectivity index (χ4v) is 2.33. The molecule has 1 aromatic rings. The average Bonchev–Trinajstić information content (AvgIpc) is 2.76. The Bertz CT molecular complexity index is 604. The first-order chi connectivity index (χ1) is 10.7. The molecule has 2 amide bonds. The molecule has 1 saturated heterocycles. The maximum absolute atomic E-state index is 12.9. The Morgan fingerprint density at radius 3 is 2.61 bits per heavy atom. The van der Waals surface area contributed by atoms with E-state index in [1.54, 1.807) is 7.05 Å². The van der Waals surface area contributed by atoms with Gasteiger partial charge >= 0.3 is 6.18 Å². The number of nitrogens with one attached hydrogen (secondary N) is 1. The number of alkyl halides is 3. The number of likely N-dealkylation sites (tertiary alicyclic amines) is 1. The van der Waals surface area contributed by atoms with Crippen molar-refractivity contribution in [1.82, 2.24) is 10.2 Å². The first kappa shape index (κ1) is 17.1. The zero-order valence-electron chi connectivity index (χ0n) is 12.7.